The second-order valence-corrected chi connectivity index (χ2v) is 6.07. The summed E-state index contributed by atoms with van der Waals surface area (Å²) >= 11 is 0. The number of piperazine rings is 1. The molecule has 1 aromatic carbocycles. The largest absolute Gasteiger partial charge is 0.465 e. The van der Waals surface area contributed by atoms with E-state index in [0.717, 1.165) is 42.9 Å². The zero-order chi connectivity index (χ0) is 18.2. The number of rotatable bonds is 6. The molecule has 0 spiro atoms. The average molecular weight is 344 g/mol. The van der Waals surface area contributed by atoms with Crippen molar-refractivity contribution in [3.8, 4) is 0 Å². The van der Waals surface area contributed by atoms with Gasteiger partial charge in [0.2, 0.25) is 0 Å². The van der Waals surface area contributed by atoms with Crippen molar-refractivity contribution >= 4 is 11.5 Å². The number of hydrogen-bond donors (Lipinski definition) is 2. The number of nitrogens with zero attached hydrogens (tertiary/aromatic N) is 2. The van der Waals surface area contributed by atoms with Crippen molar-refractivity contribution < 1.29 is 9.53 Å². The van der Waals surface area contributed by atoms with Crippen LogP contribution in [-0.2, 0) is 9.53 Å². The predicted octanol–water partition coefficient (Wildman–Crippen LogP) is 1.28. The molecule has 0 atom stereocenters. The molecule has 136 valence electrons. The highest BCUT2D eigenvalue weighted by molar-refractivity contribution is 5.76. The van der Waals surface area contributed by atoms with Gasteiger partial charge < -0.3 is 21.1 Å². The molecule has 1 aliphatic heterocycles. The summed E-state index contributed by atoms with van der Waals surface area (Å²) in [5, 5.41) is 0. The lowest BCUT2D eigenvalue weighted by Gasteiger charge is -2.35. The molecule has 0 saturated carbocycles. The summed E-state index contributed by atoms with van der Waals surface area (Å²) in [4.78, 5) is 15.8. The highest BCUT2D eigenvalue weighted by atomic mass is 16.5. The molecule has 1 heterocycles. The number of carbonyl (C=O) groups excluding carboxylic acids is 1. The number of allylic oxidation sites excluding steroid dienone is 2. The highest BCUT2D eigenvalue weighted by Crippen LogP contribution is 2.20. The molecule has 6 nitrogen and oxygen atoms in total. The Bertz CT molecular complexity index is 647. The van der Waals surface area contributed by atoms with E-state index in [1.54, 1.807) is 6.20 Å². The van der Waals surface area contributed by atoms with Crippen LogP contribution in [0.25, 0.3) is 5.57 Å². The molecule has 0 aliphatic carbocycles. The van der Waals surface area contributed by atoms with E-state index in [4.69, 9.17) is 16.2 Å². The van der Waals surface area contributed by atoms with Crippen LogP contribution < -0.4 is 11.5 Å². The maximum Gasteiger partial charge on any atom is 0.320 e. The average Bonchev–Trinajstić information content (AvgIpc) is 2.61. The van der Waals surface area contributed by atoms with E-state index in [2.05, 4.69) is 22.8 Å². The number of aryl methyl sites for hydroxylation is 1. The van der Waals surface area contributed by atoms with Crippen LogP contribution in [0.2, 0.25) is 0 Å². The van der Waals surface area contributed by atoms with E-state index >= 15 is 0 Å². The normalized spacial score (nSPS) is 16.8. The number of nitrogens with two attached hydrogens (primary N) is 2. The Morgan fingerprint density at radius 1 is 1.24 bits per heavy atom. The standard InChI is InChI=1S/C19H28N4O2/c1-3-25-19(24)14-22-8-10-23(11-9-22)18(21)12-16(13-20)17-7-5-4-6-15(17)2/h4-7,12-13H,3,8-11,14,20-21H2,1-2H3/b16-13+,18-12+. The van der Waals surface area contributed by atoms with Crippen LogP contribution in [0.5, 0.6) is 0 Å². The quantitative estimate of drug-likeness (QED) is 0.597. The number of ether oxygens (including phenoxy) is 1. The van der Waals surface area contributed by atoms with Gasteiger partial charge >= 0.3 is 5.97 Å². The number of carbonyl (C=O) groups is 1. The molecule has 1 saturated heterocycles. The third-order valence-electron chi connectivity index (χ3n) is 4.33. The van der Waals surface area contributed by atoms with Gasteiger partial charge in [-0.15, -0.1) is 0 Å². The van der Waals surface area contributed by atoms with Gasteiger partial charge in [-0.3, -0.25) is 9.69 Å². The predicted molar refractivity (Wildman–Crippen MR) is 100 cm³/mol. The summed E-state index contributed by atoms with van der Waals surface area (Å²) in [6.45, 7) is 7.72. The monoisotopic (exact) mass is 344 g/mol. The lowest BCUT2D eigenvalue weighted by molar-refractivity contribution is -0.144. The maximum atomic E-state index is 11.6. The minimum Gasteiger partial charge on any atom is -0.465 e. The minimum absolute atomic E-state index is 0.174. The Morgan fingerprint density at radius 2 is 1.92 bits per heavy atom. The molecule has 25 heavy (non-hydrogen) atoms. The fourth-order valence-electron chi connectivity index (χ4n) is 2.92. The molecule has 0 bridgehead atoms. The maximum absolute atomic E-state index is 11.6. The van der Waals surface area contributed by atoms with Crippen LogP contribution in [0.1, 0.15) is 18.1 Å². The fraction of sp³-hybridized carbons (Fsp3) is 0.421. The van der Waals surface area contributed by atoms with Crippen molar-refractivity contribution in [2.45, 2.75) is 13.8 Å². The molecular weight excluding hydrogens is 316 g/mol. The number of hydrogen-bond acceptors (Lipinski definition) is 6. The molecule has 0 unspecified atom stereocenters. The van der Waals surface area contributed by atoms with Crippen molar-refractivity contribution in [2.75, 3.05) is 39.3 Å². The molecule has 6 heteroatoms. The molecule has 0 radical (unpaired) electrons. The van der Waals surface area contributed by atoms with Crippen molar-refractivity contribution in [3.63, 3.8) is 0 Å². The third kappa shape index (κ3) is 5.26. The van der Waals surface area contributed by atoms with Gasteiger partial charge in [0.15, 0.2) is 0 Å². The van der Waals surface area contributed by atoms with Gasteiger partial charge in [-0.25, -0.2) is 0 Å². The SMILES string of the molecule is CCOC(=O)CN1CCN(/C(N)=C/C(=C\N)c2ccccc2C)CC1. The summed E-state index contributed by atoms with van der Waals surface area (Å²) in [5.41, 5.74) is 15.2. The first-order chi connectivity index (χ1) is 12.0. The van der Waals surface area contributed by atoms with Crippen LogP contribution in [0.15, 0.2) is 42.4 Å². The van der Waals surface area contributed by atoms with Crippen molar-refractivity contribution in [1.29, 1.82) is 0 Å². The van der Waals surface area contributed by atoms with Crippen molar-refractivity contribution in [1.82, 2.24) is 9.80 Å². The van der Waals surface area contributed by atoms with Crippen LogP contribution in [-0.4, -0.2) is 55.1 Å². The van der Waals surface area contributed by atoms with Crippen LogP contribution >= 0.6 is 0 Å². The van der Waals surface area contributed by atoms with E-state index in [1.165, 1.54) is 0 Å². The van der Waals surface area contributed by atoms with Gasteiger partial charge in [-0.05, 0) is 31.1 Å². The Balaban J connectivity index is 1.97. The lowest BCUT2D eigenvalue weighted by atomic mass is 10.0. The summed E-state index contributed by atoms with van der Waals surface area (Å²) in [6.07, 6.45) is 3.51. The summed E-state index contributed by atoms with van der Waals surface area (Å²) < 4.78 is 4.99. The first-order valence-electron chi connectivity index (χ1n) is 8.63. The first-order valence-corrected chi connectivity index (χ1v) is 8.63. The molecular formula is C19H28N4O2. The molecule has 4 N–H and O–H groups in total. The molecule has 0 amide bonds. The summed E-state index contributed by atoms with van der Waals surface area (Å²) in [5.74, 6) is 0.517. The van der Waals surface area contributed by atoms with E-state index in [0.29, 0.717) is 19.0 Å². The van der Waals surface area contributed by atoms with Gasteiger partial charge in [0.25, 0.3) is 0 Å². The topological polar surface area (TPSA) is 84.8 Å². The second-order valence-electron chi connectivity index (χ2n) is 6.07. The Hall–Kier alpha value is -2.47. The lowest BCUT2D eigenvalue weighted by Crippen LogP contribution is -2.48. The molecule has 2 rings (SSSR count). The van der Waals surface area contributed by atoms with Crippen LogP contribution in [0, 0.1) is 6.92 Å². The Morgan fingerprint density at radius 3 is 2.52 bits per heavy atom. The minimum atomic E-state index is -0.174. The van der Waals surface area contributed by atoms with Gasteiger partial charge in [0.05, 0.1) is 19.0 Å². The summed E-state index contributed by atoms with van der Waals surface area (Å²) in [6, 6.07) is 8.08. The summed E-state index contributed by atoms with van der Waals surface area (Å²) in [7, 11) is 0. The second kappa shape index (κ2) is 9.13. The van der Waals surface area contributed by atoms with Crippen molar-refractivity contribution in [3.05, 3.63) is 53.5 Å². The highest BCUT2D eigenvalue weighted by Gasteiger charge is 2.20. The van der Waals surface area contributed by atoms with E-state index in [9.17, 15) is 4.79 Å². The van der Waals surface area contributed by atoms with Gasteiger partial charge in [-0.2, -0.15) is 0 Å². The first kappa shape index (κ1) is 18.9. The van der Waals surface area contributed by atoms with Crippen LogP contribution in [0.4, 0.5) is 0 Å². The Labute approximate surface area is 149 Å². The van der Waals surface area contributed by atoms with E-state index in [-0.39, 0.29) is 5.97 Å². The van der Waals surface area contributed by atoms with Gasteiger partial charge in [0.1, 0.15) is 0 Å². The van der Waals surface area contributed by atoms with E-state index in [1.807, 2.05) is 31.2 Å². The number of esters is 1. The third-order valence-corrected chi connectivity index (χ3v) is 4.33. The van der Waals surface area contributed by atoms with Gasteiger partial charge in [0, 0.05) is 38.0 Å². The molecule has 0 aromatic heterocycles. The number of benzene rings is 1. The zero-order valence-corrected chi connectivity index (χ0v) is 15.1. The zero-order valence-electron chi connectivity index (χ0n) is 15.1. The smallest absolute Gasteiger partial charge is 0.320 e. The van der Waals surface area contributed by atoms with Crippen molar-refractivity contribution in [2.24, 2.45) is 11.5 Å². The Kier molecular flexibility index (Phi) is 6.89. The molecule has 1 aromatic rings. The molecule has 1 aliphatic rings. The van der Waals surface area contributed by atoms with Crippen LogP contribution in [0.3, 0.4) is 0 Å². The van der Waals surface area contributed by atoms with E-state index < -0.39 is 0 Å². The molecule has 1 fully saturated rings. The van der Waals surface area contributed by atoms with Gasteiger partial charge in [-0.1, -0.05) is 24.3 Å². The fourth-order valence-corrected chi connectivity index (χ4v) is 2.92.